The zero-order valence-corrected chi connectivity index (χ0v) is 10.5. The molecule has 2 heterocycles. The fourth-order valence-electron chi connectivity index (χ4n) is 2.29. The van der Waals surface area contributed by atoms with Gasteiger partial charge in [0, 0.05) is 25.7 Å². The fraction of sp³-hybridized carbons (Fsp3) is 1.00. The Hall–Kier alpha value is 1.21. The van der Waals surface area contributed by atoms with Crippen molar-refractivity contribution in [3.63, 3.8) is 0 Å². The zero-order chi connectivity index (χ0) is 8.55. The summed E-state index contributed by atoms with van der Waals surface area (Å²) in [5.41, 5.74) is 0. The number of piperidine rings is 1. The second kappa shape index (κ2) is 4.16. The van der Waals surface area contributed by atoms with Crippen LogP contribution in [0.15, 0.2) is 0 Å². The van der Waals surface area contributed by atoms with Gasteiger partial charge in [0.05, 0.1) is 0 Å². The van der Waals surface area contributed by atoms with Crippen molar-refractivity contribution < 1.29 is 0 Å². The van der Waals surface area contributed by atoms with Gasteiger partial charge in [0.25, 0.3) is 0 Å². The number of nitrogens with zero attached hydrogens (tertiary/aromatic N) is 2. The molecule has 0 amide bonds. The number of hydrogen-bond acceptors (Lipinski definition) is 2. The molecule has 0 aromatic heterocycles. The van der Waals surface area contributed by atoms with Gasteiger partial charge in [0.1, 0.15) is 0 Å². The van der Waals surface area contributed by atoms with Crippen LogP contribution in [0.2, 0.25) is 0 Å². The maximum absolute atomic E-state index is 2.88. The predicted molar refractivity (Wildman–Crippen MR) is 62.5 cm³/mol. The van der Waals surface area contributed by atoms with Gasteiger partial charge >= 0.3 is 0 Å². The van der Waals surface area contributed by atoms with Gasteiger partial charge in [-0.1, -0.05) is 18.3 Å². The molecule has 5 atom stereocenters. The van der Waals surface area contributed by atoms with Gasteiger partial charge < -0.3 is 0 Å². The molecule has 12 heavy (non-hydrogen) atoms. The molecule has 0 radical (unpaired) electrons. The van der Waals surface area contributed by atoms with Crippen LogP contribution in [-0.2, 0) is 0 Å². The monoisotopic (exact) mass is 222 g/mol. The summed E-state index contributed by atoms with van der Waals surface area (Å²) in [6, 6.07) is 0.830. The Morgan fingerprint density at radius 2 is 2.00 bits per heavy atom. The first-order chi connectivity index (χ1) is 5.81. The summed E-state index contributed by atoms with van der Waals surface area (Å²) in [5, 5.41) is 0. The highest BCUT2D eigenvalue weighted by Gasteiger charge is 2.35. The van der Waals surface area contributed by atoms with Crippen LogP contribution in [0.4, 0.5) is 0 Å². The van der Waals surface area contributed by atoms with E-state index in [9.17, 15) is 0 Å². The Kier molecular flexibility index (Phi) is 3.38. The van der Waals surface area contributed by atoms with E-state index in [0.717, 1.165) is 20.4 Å². The van der Waals surface area contributed by atoms with E-state index < -0.39 is 0 Å². The topological polar surface area (TPSA) is 6.48 Å². The predicted octanol–water partition coefficient (Wildman–Crippen LogP) is 1.56. The van der Waals surface area contributed by atoms with Crippen molar-refractivity contribution in [2.75, 3.05) is 19.6 Å². The zero-order valence-electron chi connectivity index (χ0n) is 7.24. The molecule has 2 aliphatic rings. The maximum Gasteiger partial charge on any atom is 0.0289 e. The van der Waals surface area contributed by atoms with E-state index in [2.05, 4.69) is 27.7 Å². The van der Waals surface area contributed by atoms with Gasteiger partial charge in [-0.2, -0.15) is 0 Å². The molecule has 2 nitrogen and oxygen atoms in total. The van der Waals surface area contributed by atoms with Crippen molar-refractivity contribution >= 4 is 26.7 Å². The lowest BCUT2D eigenvalue weighted by Gasteiger charge is -2.36. The van der Waals surface area contributed by atoms with Crippen molar-refractivity contribution in [2.24, 2.45) is 5.92 Å². The molecule has 0 aromatic rings. The Bertz CT molecular complexity index is 167. The van der Waals surface area contributed by atoms with Crippen LogP contribution in [0.1, 0.15) is 12.8 Å². The molecule has 5 heteroatoms. The summed E-state index contributed by atoms with van der Waals surface area (Å²) in [5.74, 6) is 0.986. The molecule has 0 bridgehead atoms. The molecular weight excluding hydrogens is 205 g/mol. The number of hydrogen-bond donors (Lipinski definition) is 0. The molecule has 0 N–H and O–H groups in total. The van der Waals surface area contributed by atoms with Crippen LogP contribution in [0.3, 0.4) is 0 Å². The molecular formula is C7H17N2P3. The molecule has 2 fully saturated rings. The lowest BCUT2D eigenvalue weighted by molar-refractivity contribution is 0.224. The van der Waals surface area contributed by atoms with Crippen LogP contribution in [0.25, 0.3) is 0 Å². The van der Waals surface area contributed by atoms with E-state index in [4.69, 9.17) is 0 Å². The first kappa shape index (κ1) is 9.75. The molecule has 0 aliphatic carbocycles. The summed E-state index contributed by atoms with van der Waals surface area (Å²) in [6.45, 7) is 3.89. The number of rotatable bonds is 1. The summed E-state index contributed by atoms with van der Waals surface area (Å²) in [7, 11) is 6.66. The van der Waals surface area contributed by atoms with Crippen LogP contribution in [0, 0.1) is 5.92 Å². The van der Waals surface area contributed by atoms with E-state index >= 15 is 0 Å². The molecule has 2 aliphatic heterocycles. The maximum atomic E-state index is 2.88. The minimum Gasteiger partial charge on any atom is -0.283 e. The van der Waals surface area contributed by atoms with Gasteiger partial charge in [0.15, 0.2) is 0 Å². The molecule has 0 saturated carbocycles. The molecule has 5 unspecified atom stereocenters. The SMILES string of the molecule is PPN1CCC2CCN(P)C2C1. The van der Waals surface area contributed by atoms with E-state index in [0.29, 0.717) is 0 Å². The minimum atomic E-state index is 0.830. The summed E-state index contributed by atoms with van der Waals surface area (Å²) in [6.07, 6.45) is 2.83. The summed E-state index contributed by atoms with van der Waals surface area (Å²) in [4.78, 5) is 0. The van der Waals surface area contributed by atoms with E-state index in [1.807, 2.05) is 0 Å². The highest BCUT2D eigenvalue weighted by molar-refractivity contribution is 8.01. The smallest absolute Gasteiger partial charge is 0.0289 e. The van der Waals surface area contributed by atoms with Gasteiger partial charge in [-0.15, -0.1) is 0 Å². The largest absolute Gasteiger partial charge is 0.283 e. The van der Waals surface area contributed by atoms with Crippen LogP contribution < -0.4 is 0 Å². The van der Waals surface area contributed by atoms with Crippen molar-refractivity contribution in [1.29, 1.82) is 0 Å². The quantitative estimate of drug-likeness (QED) is 0.621. The fourth-order valence-corrected chi connectivity index (χ4v) is 4.03. The van der Waals surface area contributed by atoms with Gasteiger partial charge in [-0.3, -0.25) is 9.34 Å². The normalized spacial score (nSPS) is 39.5. The molecule has 2 rings (SSSR count). The number of fused-ring (bicyclic) bond motifs is 1. The van der Waals surface area contributed by atoms with Crippen molar-refractivity contribution in [2.45, 2.75) is 18.9 Å². The van der Waals surface area contributed by atoms with Gasteiger partial charge in [-0.25, -0.2) is 0 Å². The van der Waals surface area contributed by atoms with Crippen LogP contribution in [-0.4, -0.2) is 35.0 Å². The average Bonchev–Trinajstić information content (AvgIpc) is 2.47. The third-order valence-corrected chi connectivity index (χ3v) is 5.60. The van der Waals surface area contributed by atoms with Crippen molar-refractivity contribution in [1.82, 2.24) is 9.34 Å². The molecule has 0 spiro atoms. The van der Waals surface area contributed by atoms with Crippen molar-refractivity contribution in [3.05, 3.63) is 0 Å². The van der Waals surface area contributed by atoms with E-state index in [-0.39, 0.29) is 0 Å². The summed E-state index contributed by atoms with van der Waals surface area (Å²) < 4.78 is 5.02. The Morgan fingerprint density at radius 1 is 1.25 bits per heavy atom. The highest BCUT2D eigenvalue weighted by atomic mass is 32.0. The van der Waals surface area contributed by atoms with Crippen LogP contribution in [0.5, 0.6) is 0 Å². The van der Waals surface area contributed by atoms with Gasteiger partial charge in [0.2, 0.25) is 0 Å². The lowest BCUT2D eigenvalue weighted by atomic mass is 9.94. The van der Waals surface area contributed by atoms with Crippen LogP contribution >= 0.6 is 26.7 Å². The third-order valence-electron chi connectivity index (χ3n) is 3.09. The Balaban J connectivity index is 1.97. The van der Waals surface area contributed by atoms with Gasteiger partial charge in [-0.05, 0) is 27.2 Å². The molecule has 0 aromatic carbocycles. The first-order valence-electron chi connectivity index (χ1n) is 4.54. The third kappa shape index (κ3) is 1.84. The Labute approximate surface area is 81.0 Å². The van der Waals surface area contributed by atoms with Crippen molar-refractivity contribution in [3.8, 4) is 0 Å². The molecule has 70 valence electrons. The standard InChI is InChI=1S/C7H17N2P3/c10-9-4-2-6-1-3-8(12-11)5-7(6)9/h6-7,12H,1-5,10-11H2. The van der Waals surface area contributed by atoms with E-state index in [1.165, 1.54) is 32.5 Å². The second-order valence-corrected chi connectivity index (χ2v) is 6.05. The average molecular weight is 222 g/mol. The second-order valence-electron chi connectivity index (χ2n) is 3.72. The highest BCUT2D eigenvalue weighted by Crippen LogP contribution is 2.38. The molecule has 2 saturated heterocycles. The Morgan fingerprint density at radius 3 is 2.75 bits per heavy atom. The summed E-state index contributed by atoms with van der Waals surface area (Å²) >= 11 is 0. The minimum absolute atomic E-state index is 0.830. The lowest BCUT2D eigenvalue weighted by Crippen LogP contribution is -2.41. The van der Waals surface area contributed by atoms with E-state index in [1.54, 1.807) is 0 Å². The first-order valence-corrected chi connectivity index (χ1v) is 7.81.